The Morgan fingerprint density at radius 3 is 2.74 bits per heavy atom. The number of benzene rings is 1. The zero-order chi connectivity index (χ0) is 19.7. The Morgan fingerprint density at radius 2 is 2.07 bits per heavy atom. The van der Waals surface area contributed by atoms with Gasteiger partial charge < -0.3 is 24.6 Å². The van der Waals surface area contributed by atoms with E-state index in [9.17, 15) is 0 Å². The van der Waals surface area contributed by atoms with Crippen LogP contribution in [0.5, 0.6) is 5.75 Å². The summed E-state index contributed by atoms with van der Waals surface area (Å²) in [5, 5.41) is 3.49. The van der Waals surface area contributed by atoms with Crippen molar-refractivity contribution >= 4 is 5.96 Å². The van der Waals surface area contributed by atoms with Gasteiger partial charge in [0.25, 0.3) is 0 Å². The van der Waals surface area contributed by atoms with E-state index in [0.29, 0.717) is 12.0 Å². The molecule has 0 radical (unpaired) electrons. The number of methoxy groups -OCH3 is 1. The number of hydrogen-bond donors (Lipinski definition) is 1. The summed E-state index contributed by atoms with van der Waals surface area (Å²) in [6.45, 7) is 10.7. The Bertz CT molecular complexity index is 604. The molecule has 1 fully saturated rings. The molecule has 0 aliphatic carbocycles. The lowest BCUT2D eigenvalue weighted by Gasteiger charge is -2.23. The van der Waals surface area contributed by atoms with Gasteiger partial charge in [-0.2, -0.15) is 0 Å². The van der Waals surface area contributed by atoms with Crippen molar-refractivity contribution in [3.63, 3.8) is 0 Å². The number of aliphatic imine (C=N–C) groups is 1. The molecule has 1 saturated heterocycles. The summed E-state index contributed by atoms with van der Waals surface area (Å²) in [6.07, 6.45) is 1.20. The van der Waals surface area contributed by atoms with Crippen molar-refractivity contribution in [3.05, 3.63) is 29.8 Å². The van der Waals surface area contributed by atoms with Crippen molar-refractivity contribution < 1.29 is 9.47 Å². The predicted molar refractivity (Wildman–Crippen MR) is 111 cm³/mol. The minimum Gasteiger partial charge on any atom is -0.492 e. The van der Waals surface area contributed by atoms with Crippen LogP contribution in [0.15, 0.2) is 29.3 Å². The third-order valence-corrected chi connectivity index (χ3v) is 4.96. The van der Waals surface area contributed by atoms with Gasteiger partial charge in [0.05, 0.1) is 6.61 Å². The van der Waals surface area contributed by atoms with Crippen LogP contribution in [0.3, 0.4) is 0 Å². The fraction of sp³-hybridized carbons (Fsp3) is 0.667. The number of nitrogens with zero attached hydrogens (tertiary/aromatic N) is 3. The van der Waals surface area contributed by atoms with Gasteiger partial charge in [-0.25, -0.2) is 0 Å². The molecule has 0 aromatic heterocycles. The van der Waals surface area contributed by atoms with Crippen molar-refractivity contribution in [2.45, 2.75) is 26.8 Å². The Labute approximate surface area is 164 Å². The normalized spacial score (nSPS) is 16.8. The molecule has 0 unspecified atom stereocenters. The van der Waals surface area contributed by atoms with Gasteiger partial charge >= 0.3 is 0 Å². The number of likely N-dealkylation sites (N-methyl/N-ethyl adjacent to an activating group) is 1. The lowest BCUT2D eigenvalue weighted by molar-refractivity contribution is 0.150. The second kappa shape index (κ2) is 10.5. The summed E-state index contributed by atoms with van der Waals surface area (Å²) in [7, 11) is 5.66. The molecule has 1 aromatic rings. The SMILES string of the molecule is CN=C(NCc1cccc(OCCN(C)CCOC)c1)N1CCC(C)(C)C1. The van der Waals surface area contributed by atoms with Gasteiger partial charge in [0.15, 0.2) is 5.96 Å². The molecule has 0 atom stereocenters. The highest BCUT2D eigenvalue weighted by molar-refractivity contribution is 5.80. The van der Waals surface area contributed by atoms with E-state index in [-0.39, 0.29) is 0 Å². The van der Waals surface area contributed by atoms with Crippen LogP contribution in [-0.2, 0) is 11.3 Å². The van der Waals surface area contributed by atoms with Gasteiger partial charge in [-0.1, -0.05) is 26.0 Å². The number of guanidine groups is 1. The first-order chi connectivity index (χ1) is 12.9. The standard InChI is InChI=1S/C21H36N4O2/c1-21(2)9-10-25(17-21)20(22-3)23-16-18-7-6-8-19(15-18)27-14-12-24(4)11-13-26-5/h6-8,15H,9-14,16-17H2,1-5H3,(H,22,23). The molecular formula is C21H36N4O2. The molecule has 27 heavy (non-hydrogen) atoms. The maximum Gasteiger partial charge on any atom is 0.193 e. The van der Waals surface area contributed by atoms with E-state index < -0.39 is 0 Å². The van der Waals surface area contributed by atoms with E-state index in [2.05, 4.69) is 53.1 Å². The maximum atomic E-state index is 5.91. The smallest absolute Gasteiger partial charge is 0.193 e. The Morgan fingerprint density at radius 1 is 1.30 bits per heavy atom. The van der Waals surface area contributed by atoms with E-state index in [0.717, 1.165) is 51.0 Å². The summed E-state index contributed by atoms with van der Waals surface area (Å²) in [6, 6.07) is 8.27. The lowest BCUT2D eigenvalue weighted by atomic mass is 9.93. The fourth-order valence-corrected chi connectivity index (χ4v) is 3.23. The van der Waals surface area contributed by atoms with Crippen molar-refractivity contribution in [1.29, 1.82) is 0 Å². The number of likely N-dealkylation sites (tertiary alicyclic amines) is 1. The first-order valence-corrected chi connectivity index (χ1v) is 9.78. The van der Waals surface area contributed by atoms with Crippen molar-refractivity contribution in [2.75, 3.05) is 60.6 Å². The van der Waals surface area contributed by atoms with Crippen LogP contribution < -0.4 is 10.1 Å². The highest BCUT2D eigenvalue weighted by Gasteiger charge is 2.30. The molecule has 152 valence electrons. The molecule has 0 spiro atoms. The highest BCUT2D eigenvalue weighted by Crippen LogP contribution is 2.28. The van der Waals surface area contributed by atoms with Gasteiger partial charge in [0.1, 0.15) is 12.4 Å². The second-order valence-corrected chi connectivity index (χ2v) is 8.03. The van der Waals surface area contributed by atoms with E-state index >= 15 is 0 Å². The topological polar surface area (TPSA) is 49.3 Å². The van der Waals surface area contributed by atoms with Gasteiger partial charge in [-0.3, -0.25) is 4.99 Å². The van der Waals surface area contributed by atoms with E-state index in [1.54, 1.807) is 7.11 Å². The van der Waals surface area contributed by atoms with Gasteiger partial charge in [-0.15, -0.1) is 0 Å². The van der Waals surface area contributed by atoms with Crippen LogP contribution in [0.1, 0.15) is 25.8 Å². The van der Waals surface area contributed by atoms with Crippen LogP contribution in [0.4, 0.5) is 0 Å². The minimum atomic E-state index is 0.363. The van der Waals surface area contributed by atoms with Gasteiger partial charge in [0.2, 0.25) is 0 Å². The molecule has 1 heterocycles. The Balaban J connectivity index is 1.79. The molecule has 2 rings (SSSR count). The van der Waals surface area contributed by atoms with E-state index in [4.69, 9.17) is 9.47 Å². The fourth-order valence-electron chi connectivity index (χ4n) is 3.23. The van der Waals surface area contributed by atoms with Crippen LogP contribution in [0, 0.1) is 5.41 Å². The summed E-state index contributed by atoms with van der Waals surface area (Å²) in [4.78, 5) is 9.00. The third-order valence-electron chi connectivity index (χ3n) is 4.96. The predicted octanol–water partition coefficient (Wildman–Crippen LogP) is 2.45. The Kier molecular flexibility index (Phi) is 8.38. The summed E-state index contributed by atoms with van der Waals surface area (Å²) >= 11 is 0. The summed E-state index contributed by atoms with van der Waals surface area (Å²) < 4.78 is 11.0. The first kappa shape index (κ1) is 21.5. The molecular weight excluding hydrogens is 340 g/mol. The largest absolute Gasteiger partial charge is 0.492 e. The average molecular weight is 377 g/mol. The quantitative estimate of drug-likeness (QED) is 0.530. The minimum absolute atomic E-state index is 0.363. The van der Waals surface area contributed by atoms with Gasteiger partial charge in [-0.05, 0) is 36.6 Å². The number of rotatable bonds is 9. The zero-order valence-corrected chi connectivity index (χ0v) is 17.6. The Hall–Kier alpha value is -1.79. The third kappa shape index (κ3) is 7.39. The summed E-state index contributed by atoms with van der Waals surface area (Å²) in [5.74, 6) is 1.89. The first-order valence-electron chi connectivity index (χ1n) is 9.78. The molecule has 1 aliphatic heterocycles. The molecule has 1 N–H and O–H groups in total. The molecule has 1 aromatic carbocycles. The average Bonchev–Trinajstić information content (AvgIpc) is 3.00. The number of ether oxygens (including phenoxy) is 2. The van der Waals surface area contributed by atoms with Crippen LogP contribution in [0.2, 0.25) is 0 Å². The van der Waals surface area contributed by atoms with Crippen molar-refractivity contribution in [1.82, 2.24) is 15.1 Å². The lowest BCUT2D eigenvalue weighted by Crippen LogP contribution is -2.40. The summed E-state index contributed by atoms with van der Waals surface area (Å²) in [5.41, 5.74) is 1.56. The van der Waals surface area contributed by atoms with E-state index in [1.165, 1.54) is 12.0 Å². The highest BCUT2D eigenvalue weighted by atomic mass is 16.5. The molecule has 6 nitrogen and oxygen atoms in total. The van der Waals surface area contributed by atoms with Crippen LogP contribution in [0.25, 0.3) is 0 Å². The molecule has 1 aliphatic rings. The number of hydrogen-bond acceptors (Lipinski definition) is 4. The zero-order valence-electron chi connectivity index (χ0n) is 17.6. The van der Waals surface area contributed by atoms with Gasteiger partial charge in [0, 0.05) is 46.9 Å². The van der Waals surface area contributed by atoms with Crippen LogP contribution in [-0.4, -0.2) is 76.4 Å². The molecule has 0 bridgehead atoms. The van der Waals surface area contributed by atoms with Crippen molar-refractivity contribution in [2.24, 2.45) is 10.4 Å². The molecule has 6 heteroatoms. The van der Waals surface area contributed by atoms with E-state index in [1.807, 2.05) is 19.2 Å². The van der Waals surface area contributed by atoms with Crippen molar-refractivity contribution in [3.8, 4) is 5.75 Å². The second-order valence-electron chi connectivity index (χ2n) is 8.03. The maximum absolute atomic E-state index is 5.91. The molecule has 0 saturated carbocycles. The van der Waals surface area contributed by atoms with Crippen LogP contribution >= 0.6 is 0 Å². The number of nitrogens with one attached hydrogen (secondary N) is 1. The molecule has 0 amide bonds. The monoisotopic (exact) mass is 376 g/mol.